The molecule has 3 heteroatoms. The summed E-state index contributed by atoms with van der Waals surface area (Å²) in [5.74, 6) is 0. The van der Waals surface area contributed by atoms with Gasteiger partial charge >= 0.3 is 0 Å². The lowest BCUT2D eigenvalue weighted by molar-refractivity contribution is 0.157. The Morgan fingerprint density at radius 3 is 2.60 bits per heavy atom. The van der Waals surface area contributed by atoms with Crippen LogP contribution in [-0.2, 0) is 6.42 Å². The molecule has 1 nitrogen and oxygen atoms in total. The summed E-state index contributed by atoms with van der Waals surface area (Å²) in [5.41, 5.74) is 0.636. The van der Waals surface area contributed by atoms with E-state index in [9.17, 15) is 0 Å². The van der Waals surface area contributed by atoms with E-state index in [0.29, 0.717) is 5.41 Å². The Kier molecular flexibility index (Phi) is 5.22. The van der Waals surface area contributed by atoms with Crippen LogP contribution in [0.1, 0.15) is 62.7 Å². The van der Waals surface area contributed by atoms with Crippen LogP contribution in [0.3, 0.4) is 0 Å². The number of nitrogens with one attached hydrogen (secondary N) is 1. The highest BCUT2D eigenvalue weighted by molar-refractivity contribution is 9.11. The van der Waals surface area contributed by atoms with Gasteiger partial charge in [0.25, 0.3) is 0 Å². The molecule has 2 fully saturated rings. The van der Waals surface area contributed by atoms with Crippen molar-refractivity contribution in [1.29, 1.82) is 0 Å². The summed E-state index contributed by atoms with van der Waals surface area (Å²) < 4.78 is 1.28. The minimum Gasteiger partial charge on any atom is -0.314 e. The van der Waals surface area contributed by atoms with Crippen molar-refractivity contribution in [1.82, 2.24) is 5.32 Å². The fourth-order valence-corrected chi connectivity index (χ4v) is 5.11. The Balaban J connectivity index is 1.52. The molecule has 2 aliphatic carbocycles. The van der Waals surface area contributed by atoms with Crippen molar-refractivity contribution in [3.8, 4) is 0 Å². The van der Waals surface area contributed by atoms with Gasteiger partial charge in [0.1, 0.15) is 0 Å². The maximum Gasteiger partial charge on any atom is 0.0701 e. The molecular formula is C17H26BrNS. The molecule has 112 valence electrons. The summed E-state index contributed by atoms with van der Waals surface area (Å²) in [4.78, 5) is 1.55. The van der Waals surface area contributed by atoms with Gasteiger partial charge in [-0.15, -0.1) is 11.3 Å². The van der Waals surface area contributed by atoms with E-state index in [1.54, 1.807) is 4.88 Å². The van der Waals surface area contributed by atoms with Gasteiger partial charge in [-0.05, 0) is 85.0 Å². The van der Waals surface area contributed by atoms with Crippen LogP contribution in [0, 0.1) is 5.41 Å². The fourth-order valence-electron chi connectivity index (χ4n) is 3.63. The predicted molar refractivity (Wildman–Crippen MR) is 91.5 cm³/mol. The van der Waals surface area contributed by atoms with Crippen LogP contribution < -0.4 is 5.32 Å². The van der Waals surface area contributed by atoms with Crippen molar-refractivity contribution in [2.45, 2.75) is 70.3 Å². The van der Waals surface area contributed by atoms with E-state index in [1.807, 2.05) is 11.3 Å². The van der Waals surface area contributed by atoms with E-state index in [2.05, 4.69) is 33.4 Å². The van der Waals surface area contributed by atoms with Crippen LogP contribution in [0.4, 0.5) is 0 Å². The normalized spacial score (nSPS) is 22.1. The number of rotatable bonds is 7. The molecule has 0 spiro atoms. The van der Waals surface area contributed by atoms with Crippen molar-refractivity contribution in [3.05, 3.63) is 20.8 Å². The highest BCUT2D eigenvalue weighted by Crippen LogP contribution is 2.43. The Morgan fingerprint density at radius 1 is 1.15 bits per heavy atom. The first-order valence-corrected chi connectivity index (χ1v) is 9.84. The molecule has 1 aromatic heterocycles. The molecule has 1 aromatic rings. The van der Waals surface area contributed by atoms with Gasteiger partial charge in [0.05, 0.1) is 3.79 Å². The molecule has 20 heavy (non-hydrogen) atoms. The van der Waals surface area contributed by atoms with Gasteiger partial charge < -0.3 is 5.32 Å². The van der Waals surface area contributed by atoms with E-state index in [4.69, 9.17) is 0 Å². The highest BCUT2D eigenvalue weighted by Gasteiger charge is 2.32. The fraction of sp³-hybridized carbons (Fsp3) is 0.765. The second-order valence-corrected chi connectivity index (χ2v) is 9.29. The Morgan fingerprint density at radius 2 is 1.95 bits per heavy atom. The molecule has 1 N–H and O–H groups in total. The molecule has 0 aromatic carbocycles. The summed E-state index contributed by atoms with van der Waals surface area (Å²) in [7, 11) is 0. The third-order valence-electron chi connectivity index (χ3n) is 5.11. The van der Waals surface area contributed by atoms with Crippen LogP contribution in [0.2, 0.25) is 0 Å². The molecule has 0 bridgehead atoms. The first kappa shape index (κ1) is 15.1. The van der Waals surface area contributed by atoms with E-state index in [-0.39, 0.29) is 0 Å². The quantitative estimate of drug-likeness (QED) is 0.677. The summed E-state index contributed by atoms with van der Waals surface area (Å²) in [5, 5.41) is 3.73. The number of thiophene rings is 1. The SMILES string of the molecule is Brc1ccc(CCC2(CCNC3CC3)CCCCC2)s1. The van der Waals surface area contributed by atoms with E-state index < -0.39 is 0 Å². The van der Waals surface area contributed by atoms with Gasteiger partial charge in [0, 0.05) is 10.9 Å². The van der Waals surface area contributed by atoms with Gasteiger partial charge in [-0.25, -0.2) is 0 Å². The molecule has 0 amide bonds. The number of aryl methyl sites for hydroxylation is 1. The molecular weight excluding hydrogens is 330 g/mol. The smallest absolute Gasteiger partial charge is 0.0701 e. The van der Waals surface area contributed by atoms with Crippen molar-refractivity contribution in [2.75, 3.05) is 6.54 Å². The second-order valence-electron chi connectivity index (χ2n) is 6.74. The zero-order valence-electron chi connectivity index (χ0n) is 12.3. The van der Waals surface area contributed by atoms with Crippen molar-refractivity contribution < 1.29 is 0 Å². The molecule has 0 aliphatic heterocycles. The second kappa shape index (κ2) is 6.93. The average Bonchev–Trinajstić information content (AvgIpc) is 3.19. The molecule has 0 radical (unpaired) electrons. The number of hydrogen-bond acceptors (Lipinski definition) is 2. The molecule has 0 saturated heterocycles. The van der Waals surface area contributed by atoms with Gasteiger partial charge in [-0.3, -0.25) is 0 Å². The summed E-state index contributed by atoms with van der Waals surface area (Å²) in [6.45, 7) is 1.25. The van der Waals surface area contributed by atoms with E-state index in [0.717, 1.165) is 6.04 Å². The lowest BCUT2D eigenvalue weighted by Crippen LogP contribution is -2.30. The van der Waals surface area contributed by atoms with Crippen LogP contribution in [0.5, 0.6) is 0 Å². The lowest BCUT2D eigenvalue weighted by atomic mass is 9.69. The topological polar surface area (TPSA) is 12.0 Å². The average molecular weight is 356 g/mol. The lowest BCUT2D eigenvalue weighted by Gasteiger charge is -2.38. The predicted octanol–water partition coefficient (Wildman–Crippen LogP) is 5.54. The zero-order chi connectivity index (χ0) is 13.8. The molecule has 2 aliphatic rings. The summed E-state index contributed by atoms with van der Waals surface area (Å²) >= 11 is 5.50. The van der Waals surface area contributed by atoms with Crippen LogP contribution in [0.15, 0.2) is 15.9 Å². The maximum atomic E-state index is 3.73. The third kappa shape index (κ3) is 4.32. The van der Waals surface area contributed by atoms with Gasteiger partial charge in [0.15, 0.2) is 0 Å². The van der Waals surface area contributed by atoms with Crippen LogP contribution in [0.25, 0.3) is 0 Å². The highest BCUT2D eigenvalue weighted by atomic mass is 79.9. The standard InChI is InChI=1S/C17H26BrNS/c18-16-7-6-15(20-16)8-11-17(9-2-1-3-10-17)12-13-19-14-4-5-14/h6-7,14,19H,1-5,8-13H2. The Bertz CT molecular complexity index is 418. The van der Waals surface area contributed by atoms with Gasteiger partial charge in [-0.1, -0.05) is 19.3 Å². The molecule has 2 saturated carbocycles. The first-order chi connectivity index (χ1) is 9.76. The van der Waals surface area contributed by atoms with Gasteiger partial charge in [-0.2, -0.15) is 0 Å². The number of hydrogen-bond donors (Lipinski definition) is 1. The zero-order valence-corrected chi connectivity index (χ0v) is 14.7. The minimum absolute atomic E-state index is 0.636. The maximum absolute atomic E-state index is 3.73. The first-order valence-electron chi connectivity index (χ1n) is 8.23. The van der Waals surface area contributed by atoms with E-state index in [1.165, 1.54) is 74.5 Å². The van der Waals surface area contributed by atoms with Crippen molar-refractivity contribution >= 4 is 27.3 Å². The van der Waals surface area contributed by atoms with E-state index >= 15 is 0 Å². The van der Waals surface area contributed by atoms with Crippen molar-refractivity contribution in [2.24, 2.45) is 5.41 Å². The molecule has 0 unspecified atom stereocenters. The largest absolute Gasteiger partial charge is 0.314 e. The van der Waals surface area contributed by atoms with Crippen LogP contribution in [-0.4, -0.2) is 12.6 Å². The number of halogens is 1. The monoisotopic (exact) mass is 355 g/mol. The van der Waals surface area contributed by atoms with Crippen molar-refractivity contribution in [3.63, 3.8) is 0 Å². The molecule has 0 atom stereocenters. The summed E-state index contributed by atoms with van der Waals surface area (Å²) in [6, 6.07) is 5.36. The molecule has 1 heterocycles. The minimum atomic E-state index is 0.636. The summed E-state index contributed by atoms with van der Waals surface area (Å²) in [6.07, 6.45) is 14.2. The van der Waals surface area contributed by atoms with Crippen LogP contribution >= 0.6 is 27.3 Å². The molecule has 3 rings (SSSR count). The van der Waals surface area contributed by atoms with Gasteiger partial charge in [0.2, 0.25) is 0 Å². The third-order valence-corrected chi connectivity index (χ3v) is 6.79. The Hall–Kier alpha value is 0.140. The Labute approximate surface area is 135 Å².